The minimum atomic E-state index is -4.28. The first kappa shape index (κ1) is 25.1. The third-order valence-electron chi connectivity index (χ3n) is 6.62. The highest BCUT2D eigenvalue weighted by Gasteiger charge is 2.40. The fourth-order valence-corrected chi connectivity index (χ4v) is 5.07. The van der Waals surface area contributed by atoms with Crippen molar-refractivity contribution in [3.63, 3.8) is 0 Å². The summed E-state index contributed by atoms with van der Waals surface area (Å²) in [7, 11) is -4.28. The summed E-state index contributed by atoms with van der Waals surface area (Å²) in [5, 5.41) is 8.68. The lowest BCUT2D eigenvalue weighted by Gasteiger charge is -2.36. The predicted molar refractivity (Wildman–Crippen MR) is 134 cm³/mol. The van der Waals surface area contributed by atoms with Gasteiger partial charge in [-0.2, -0.15) is 18.7 Å². The molecule has 1 aliphatic rings. The van der Waals surface area contributed by atoms with Crippen LogP contribution in [0.1, 0.15) is 48.7 Å². The van der Waals surface area contributed by atoms with E-state index >= 15 is 0 Å². The van der Waals surface area contributed by atoms with E-state index in [9.17, 15) is 13.2 Å². The number of sulfonamides is 1. The Kier molecular flexibility index (Phi) is 6.95. The lowest BCUT2D eigenvalue weighted by molar-refractivity contribution is 0.0981. The summed E-state index contributed by atoms with van der Waals surface area (Å²) in [6, 6.07) is 16.4. The molecule has 1 amide bonds. The summed E-state index contributed by atoms with van der Waals surface area (Å²) in [5.74, 6) is 0.120. The predicted octanol–water partition coefficient (Wildman–Crippen LogP) is 3.67. The van der Waals surface area contributed by atoms with Gasteiger partial charge in [-0.1, -0.05) is 25.1 Å². The second-order valence-corrected chi connectivity index (χ2v) is 10.8. The van der Waals surface area contributed by atoms with Crippen LogP contribution in [0.15, 0.2) is 65.8 Å². The zero-order valence-corrected chi connectivity index (χ0v) is 21.1. The van der Waals surface area contributed by atoms with Crippen molar-refractivity contribution in [3.05, 3.63) is 77.5 Å². The molecule has 186 valence electrons. The first-order chi connectivity index (χ1) is 17.1. The van der Waals surface area contributed by atoms with Gasteiger partial charge >= 0.3 is 0 Å². The van der Waals surface area contributed by atoms with Crippen LogP contribution in [0.2, 0.25) is 0 Å². The number of benzene rings is 1. The molecule has 0 radical (unpaired) electrons. The zero-order chi connectivity index (χ0) is 25.9. The lowest BCUT2D eigenvalue weighted by atomic mass is 9.90. The van der Waals surface area contributed by atoms with Crippen LogP contribution in [0.5, 0.6) is 5.88 Å². The minimum absolute atomic E-state index is 0.0718. The van der Waals surface area contributed by atoms with Gasteiger partial charge in [0.1, 0.15) is 12.4 Å². The molecule has 0 spiro atoms. The van der Waals surface area contributed by atoms with Gasteiger partial charge in [-0.3, -0.25) is 4.79 Å². The molecule has 1 unspecified atom stereocenters. The van der Waals surface area contributed by atoms with Crippen LogP contribution in [0.3, 0.4) is 0 Å². The Morgan fingerprint density at radius 2 is 2.00 bits per heavy atom. The van der Waals surface area contributed by atoms with E-state index < -0.39 is 15.9 Å². The molecule has 0 aliphatic carbocycles. The van der Waals surface area contributed by atoms with E-state index in [0.717, 1.165) is 18.5 Å². The van der Waals surface area contributed by atoms with Crippen molar-refractivity contribution < 1.29 is 17.9 Å². The van der Waals surface area contributed by atoms with Gasteiger partial charge in [0.2, 0.25) is 5.88 Å². The Hall–Kier alpha value is -3.97. The normalized spacial score (nSPS) is 16.8. The number of anilines is 1. The van der Waals surface area contributed by atoms with E-state index in [1.54, 1.807) is 42.6 Å². The van der Waals surface area contributed by atoms with Crippen LogP contribution < -0.4 is 14.4 Å². The molecule has 1 aromatic carbocycles. The molecule has 36 heavy (non-hydrogen) atoms. The molecular formula is C26H27N5O4S. The lowest BCUT2D eigenvalue weighted by Crippen LogP contribution is -2.43. The first-order valence-electron chi connectivity index (χ1n) is 11.5. The van der Waals surface area contributed by atoms with E-state index in [4.69, 9.17) is 10.00 Å². The number of ether oxygens (including phenoxy) is 1. The smallest absolute Gasteiger partial charge is 0.281 e. The second-order valence-electron chi connectivity index (χ2n) is 9.22. The van der Waals surface area contributed by atoms with Crippen LogP contribution in [-0.4, -0.2) is 36.4 Å². The van der Waals surface area contributed by atoms with Gasteiger partial charge in [0.05, 0.1) is 17.2 Å². The molecule has 9 nitrogen and oxygen atoms in total. The fourth-order valence-electron chi connectivity index (χ4n) is 4.14. The molecule has 1 saturated heterocycles. The molecule has 10 heteroatoms. The number of hydrogen-bond acceptors (Lipinski definition) is 8. The summed E-state index contributed by atoms with van der Waals surface area (Å²) in [4.78, 5) is 23.6. The molecule has 1 aliphatic heterocycles. The topological polar surface area (TPSA) is 125 Å². The van der Waals surface area contributed by atoms with E-state index in [1.807, 2.05) is 4.90 Å². The Bertz CT molecular complexity index is 1430. The zero-order valence-electron chi connectivity index (χ0n) is 20.3. The average molecular weight is 506 g/mol. The van der Waals surface area contributed by atoms with Crippen molar-refractivity contribution in [2.45, 2.75) is 44.4 Å². The highest BCUT2D eigenvalue weighted by atomic mass is 32.2. The molecule has 2 aromatic heterocycles. The van der Waals surface area contributed by atoms with Gasteiger partial charge in [0.25, 0.3) is 15.9 Å². The van der Waals surface area contributed by atoms with Crippen LogP contribution in [0.25, 0.3) is 0 Å². The number of rotatable bonds is 7. The highest BCUT2D eigenvalue weighted by molar-refractivity contribution is 7.90. The standard InChI is InChI=1S/C26H27N5O4S/c1-18-12-14-31(26(18,2)3)24-21(9-6-13-28-24)25(32)30-36(33,34)23-11-5-10-22(29-23)35-17-20-8-4-7-19(15-20)16-27/h4-11,13,15,18H,12,14,17H2,1-3H3,(H,30,32). The Balaban J connectivity index is 1.52. The Morgan fingerprint density at radius 1 is 1.22 bits per heavy atom. The molecule has 1 atom stereocenters. The van der Waals surface area contributed by atoms with Gasteiger partial charge in [0, 0.05) is 24.3 Å². The van der Waals surface area contributed by atoms with Gasteiger partial charge in [-0.05, 0) is 62.1 Å². The van der Waals surface area contributed by atoms with Crippen LogP contribution in [0.4, 0.5) is 5.82 Å². The number of nitrogens with zero attached hydrogens (tertiary/aromatic N) is 4. The third kappa shape index (κ3) is 5.16. The molecule has 0 bridgehead atoms. The van der Waals surface area contributed by atoms with Gasteiger partial charge in [0.15, 0.2) is 5.03 Å². The fraction of sp³-hybridized carbons (Fsp3) is 0.308. The van der Waals surface area contributed by atoms with Crippen molar-refractivity contribution in [2.75, 3.05) is 11.4 Å². The summed E-state index contributed by atoms with van der Waals surface area (Å²) in [6.45, 7) is 7.14. The Labute approximate surface area is 210 Å². The van der Waals surface area contributed by atoms with Gasteiger partial charge in [-0.15, -0.1) is 0 Å². The molecule has 0 saturated carbocycles. The largest absolute Gasteiger partial charge is 0.473 e. The summed E-state index contributed by atoms with van der Waals surface area (Å²) < 4.78 is 33.8. The SMILES string of the molecule is CC1CCN(c2ncccc2C(=O)NS(=O)(=O)c2cccc(OCc3cccc(C#N)c3)n2)C1(C)C. The van der Waals surface area contributed by atoms with Crippen LogP contribution in [0, 0.1) is 17.2 Å². The van der Waals surface area contributed by atoms with E-state index in [0.29, 0.717) is 17.3 Å². The van der Waals surface area contributed by atoms with Crippen molar-refractivity contribution >= 4 is 21.7 Å². The molecule has 1 fully saturated rings. The molecule has 4 rings (SSSR count). The van der Waals surface area contributed by atoms with Crippen molar-refractivity contribution in [1.82, 2.24) is 14.7 Å². The maximum Gasteiger partial charge on any atom is 0.281 e. The molecular weight excluding hydrogens is 478 g/mol. The van der Waals surface area contributed by atoms with Crippen LogP contribution in [-0.2, 0) is 16.6 Å². The number of carbonyl (C=O) groups excluding carboxylic acids is 1. The number of aromatic nitrogens is 2. The van der Waals surface area contributed by atoms with Crippen LogP contribution >= 0.6 is 0 Å². The second kappa shape index (κ2) is 9.95. The van der Waals surface area contributed by atoms with E-state index in [-0.39, 0.29) is 28.6 Å². The molecule has 3 aromatic rings. The number of hydrogen-bond donors (Lipinski definition) is 1. The minimum Gasteiger partial charge on any atom is -0.473 e. The number of pyridine rings is 2. The quantitative estimate of drug-likeness (QED) is 0.516. The molecule has 3 heterocycles. The summed E-state index contributed by atoms with van der Waals surface area (Å²) >= 11 is 0. The highest BCUT2D eigenvalue weighted by Crippen LogP contribution is 2.38. The van der Waals surface area contributed by atoms with Crippen molar-refractivity contribution in [1.29, 1.82) is 5.26 Å². The Morgan fingerprint density at radius 3 is 2.72 bits per heavy atom. The number of carbonyl (C=O) groups is 1. The monoisotopic (exact) mass is 505 g/mol. The number of nitrogens with one attached hydrogen (secondary N) is 1. The van der Waals surface area contributed by atoms with Gasteiger partial charge in [-0.25, -0.2) is 9.71 Å². The first-order valence-corrected chi connectivity index (χ1v) is 13.0. The summed E-state index contributed by atoms with van der Waals surface area (Å²) in [5.41, 5.74) is 1.17. The third-order valence-corrected chi connectivity index (χ3v) is 7.85. The summed E-state index contributed by atoms with van der Waals surface area (Å²) in [6.07, 6.45) is 2.54. The van der Waals surface area contributed by atoms with Crippen molar-refractivity contribution in [3.8, 4) is 11.9 Å². The maximum atomic E-state index is 13.1. The van der Waals surface area contributed by atoms with E-state index in [1.165, 1.54) is 18.2 Å². The maximum absolute atomic E-state index is 13.1. The van der Waals surface area contributed by atoms with Gasteiger partial charge < -0.3 is 9.64 Å². The van der Waals surface area contributed by atoms with Crippen molar-refractivity contribution in [2.24, 2.45) is 5.92 Å². The van der Waals surface area contributed by atoms with E-state index in [2.05, 4.69) is 41.5 Å². The number of nitriles is 1. The average Bonchev–Trinajstić information content (AvgIpc) is 3.14. The number of amides is 1. The molecule has 1 N–H and O–H groups in total.